The first kappa shape index (κ1) is 19.8. The fourth-order valence-electron chi connectivity index (χ4n) is 4.02. The number of hydrogen-bond acceptors (Lipinski definition) is 4. The summed E-state index contributed by atoms with van der Waals surface area (Å²) in [6.45, 7) is 2.09. The van der Waals surface area contributed by atoms with Crippen LogP contribution in [0.4, 0.5) is 11.4 Å². The third-order valence-electron chi connectivity index (χ3n) is 5.56. The summed E-state index contributed by atoms with van der Waals surface area (Å²) in [4.78, 5) is 15.2. The number of ether oxygens (including phenoxy) is 2. The maximum Gasteiger partial charge on any atom is 0.258 e. The lowest BCUT2D eigenvalue weighted by Crippen LogP contribution is -2.44. The minimum absolute atomic E-state index is 0.0115. The van der Waals surface area contributed by atoms with Crippen LogP contribution < -0.4 is 19.7 Å². The van der Waals surface area contributed by atoms with E-state index >= 15 is 0 Å². The molecule has 5 nitrogen and oxygen atoms in total. The number of benzene rings is 3. The zero-order valence-electron chi connectivity index (χ0n) is 17.5. The highest BCUT2D eigenvalue weighted by Gasteiger charge is 2.34. The molecule has 2 atom stereocenters. The van der Waals surface area contributed by atoms with Gasteiger partial charge in [-0.05, 0) is 67.9 Å². The number of amides is 1. The zero-order chi connectivity index (χ0) is 21.1. The van der Waals surface area contributed by atoms with Crippen molar-refractivity contribution in [2.24, 2.45) is 0 Å². The molecule has 154 valence electrons. The Balaban J connectivity index is 1.70. The molecular formula is C25H26N2O3. The van der Waals surface area contributed by atoms with Gasteiger partial charge in [0.15, 0.2) is 0 Å². The topological polar surface area (TPSA) is 50.8 Å². The third-order valence-corrected chi connectivity index (χ3v) is 5.56. The molecule has 1 heterocycles. The van der Waals surface area contributed by atoms with Crippen LogP contribution in [0, 0.1) is 0 Å². The Morgan fingerprint density at radius 2 is 1.60 bits per heavy atom. The van der Waals surface area contributed by atoms with Crippen LogP contribution in [0.2, 0.25) is 0 Å². The highest BCUT2D eigenvalue weighted by molar-refractivity contribution is 6.07. The van der Waals surface area contributed by atoms with Crippen LogP contribution in [0.25, 0.3) is 0 Å². The SMILES string of the molecule is COc1ccc(N[C@H]2C[C@H](C)N(C(=O)c3ccccc3)c3ccc(OC)cc32)cc1. The first-order valence-electron chi connectivity index (χ1n) is 10.1. The molecule has 1 N–H and O–H groups in total. The van der Waals surface area contributed by atoms with E-state index in [0.717, 1.165) is 34.9 Å². The van der Waals surface area contributed by atoms with E-state index in [1.165, 1.54) is 0 Å². The molecule has 30 heavy (non-hydrogen) atoms. The normalized spacial score (nSPS) is 17.8. The molecule has 0 spiro atoms. The van der Waals surface area contributed by atoms with E-state index in [2.05, 4.69) is 12.2 Å². The molecule has 0 aromatic heterocycles. The first-order chi connectivity index (χ1) is 14.6. The van der Waals surface area contributed by atoms with Gasteiger partial charge in [-0.1, -0.05) is 18.2 Å². The van der Waals surface area contributed by atoms with Crippen molar-refractivity contribution in [3.63, 3.8) is 0 Å². The molecule has 1 aliphatic rings. The molecule has 3 aromatic carbocycles. The summed E-state index contributed by atoms with van der Waals surface area (Å²) in [5.74, 6) is 1.61. The predicted octanol–water partition coefficient (Wildman–Crippen LogP) is 5.30. The zero-order valence-corrected chi connectivity index (χ0v) is 17.5. The number of fused-ring (bicyclic) bond motifs is 1. The minimum Gasteiger partial charge on any atom is -0.497 e. The smallest absolute Gasteiger partial charge is 0.258 e. The molecule has 0 radical (unpaired) electrons. The van der Waals surface area contributed by atoms with Crippen molar-refractivity contribution < 1.29 is 14.3 Å². The lowest BCUT2D eigenvalue weighted by molar-refractivity contribution is 0.0974. The van der Waals surface area contributed by atoms with Crippen molar-refractivity contribution in [3.8, 4) is 11.5 Å². The van der Waals surface area contributed by atoms with Crippen molar-refractivity contribution in [3.05, 3.63) is 83.9 Å². The van der Waals surface area contributed by atoms with Gasteiger partial charge < -0.3 is 19.7 Å². The molecule has 0 saturated carbocycles. The van der Waals surface area contributed by atoms with E-state index in [1.807, 2.05) is 77.7 Å². The number of methoxy groups -OCH3 is 2. The maximum atomic E-state index is 13.3. The Hall–Kier alpha value is -3.47. The molecule has 3 aromatic rings. The van der Waals surface area contributed by atoms with Gasteiger partial charge in [-0.15, -0.1) is 0 Å². The van der Waals surface area contributed by atoms with Crippen molar-refractivity contribution in [2.45, 2.75) is 25.4 Å². The average Bonchev–Trinajstić information content (AvgIpc) is 2.79. The van der Waals surface area contributed by atoms with Gasteiger partial charge in [0.25, 0.3) is 5.91 Å². The van der Waals surface area contributed by atoms with Gasteiger partial charge in [-0.3, -0.25) is 4.79 Å². The summed E-state index contributed by atoms with van der Waals surface area (Å²) < 4.78 is 10.7. The van der Waals surface area contributed by atoms with Gasteiger partial charge in [0.2, 0.25) is 0 Å². The van der Waals surface area contributed by atoms with Gasteiger partial charge in [0.05, 0.1) is 20.3 Å². The number of hydrogen-bond donors (Lipinski definition) is 1. The Kier molecular flexibility index (Phi) is 5.61. The van der Waals surface area contributed by atoms with Crippen molar-refractivity contribution in [1.82, 2.24) is 0 Å². The summed E-state index contributed by atoms with van der Waals surface area (Å²) in [6.07, 6.45) is 0.783. The number of nitrogens with one attached hydrogen (secondary N) is 1. The Labute approximate surface area is 177 Å². The number of carbonyl (C=O) groups is 1. The Bertz CT molecular complexity index is 1020. The summed E-state index contributed by atoms with van der Waals surface area (Å²) >= 11 is 0. The van der Waals surface area contributed by atoms with Gasteiger partial charge in [0, 0.05) is 28.5 Å². The van der Waals surface area contributed by atoms with Crippen LogP contribution in [-0.2, 0) is 0 Å². The lowest BCUT2D eigenvalue weighted by Gasteiger charge is -2.40. The first-order valence-corrected chi connectivity index (χ1v) is 10.1. The number of carbonyl (C=O) groups excluding carboxylic acids is 1. The van der Waals surface area contributed by atoms with Crippen LogP contribution in [-0.4, -0.2) is 26.2 Å². The second-order valence-electron chi connectivity index (χ2n) is 7.48. The Morgan fingerprint density at radius 3 is 2.27 bits per heavy atom. The van der Waals surface area contributed by atoms with Crippen LogP contribution in [0.5, 0.6) is 11.5 Å². The van der Waals surface area contributed by atoms with E-state index in [0.29, 0.717) is 5.56 Å². The highest BCUT2D eigenvalue weighted by Crippen LogP contribution is 2.41. The standard InChI is InChI=1S/C25H26N2O3/c1-17-15-23(26-19-9-11-20(29-2)12-10-19)22-16-21(30-3)13-14-24(22)27(17)25(28)18-7-5-4-6-8-18/h4-14,16-17,23,26H,15H2,1-3H3/t17-,23-/m0/s1. The predicted molar refractivity (Wildman–Crippen MR) is 120 cm³/mol. The van der Waals surface area contributed by atoms with Crippen LogP contribution in [0.1, 0.15) is 35.3 Å². The summed E-state index contributed by atoms with van der Waals surface area (Å²) in [5.41, 5.74) is 3.65. The number of anilines is 2. The second kappa shape index (κ2) is 8.49. The summed E-state index contributed by atoms with van der Waals surface area (Å²) in [7, 11) is 3.32. The molecule has 5 heteroatoms. The largest absolute Gasteiger partial charge is 0.497 e. The fraction of sp³-hybridized carbons (Fsp3) is 0.240. The van der Waals surface area contributed by atoms with E-state index in [-0.39, 0.29) is 18.0 Å². The highest BCUT2D eigenvalue weighted by atomic mass is 16.5. The van der Waals surface area contributed by atoms with Crippen LogP contribution in [0.15, 0.2) is 72.8 Å². The molecule has 0 unspecified atom stereocenters. The van der Waals surface area contributed by atoms with Gasteiger partial charge >= 0.3 is 0 Å². The number of rotatable bonds is 5. The summed E-state index contributed by atoms with van der Waals surface area (Å²) in [6, 6.07) is 23.3. The Morgan fingerprint density at radius 1 is 0.933 bits per heavy atom. The maximum absolute atomic E-state index is 13.3. The fourth-order valence-corrected chi connectivity index (χ4v) is 4.02. The second-order valence-corrected chi connectivity index (χ2v) is 7.48. The van der Waals surface area contributed by atoms with Gasteiger partial charge in [-0.25, -0.2) is 0 Å². The molecule has 0 saturated heterocycles. The number of nitrogens with zero attached hydrogens (tertiary/aromatic N) is 1. The van der Waals surface area contributed by atoms with Gasteiger partial charge in [0.1, 0.15) is 11.5 Å². The average molecular weight is 402 g/mol. The van der Waals surface area contributed by atoms with Crippen LogP contribution in [0.3, 0.4) is 0 Å². The molecule has 1 amide bonds. The van der Waals surface area contributed by atoms with Crippen LogP contribution >= 0.6 is 0 Å². The quantitative estimate of drug-likeness (QED) is 0.629. The van der Waals surface area contributed by atoms with Crippen molar-refractivity contribution in [2.75, 3.05) is 24.4 Å². The van der Waals surface area contributed by atoms with E-state index in [4.69, 9.17) is 9.47 Å². The molecular weight excluding hydrogens is 376 g/mol. The van der Waals surface area contributed by atoms with E-state index in [1.54, 1.807) is 14.2 Å². The molecule has 0 aliphatic carbocycles. The molecule has 1 aliphatic heterocycles. The summed E-state index contributed by atoms with van der Waals surface area (Å²) in [5, 5.41) is 3.62. The molecule has 0 fully saturated rings. The van der Waals surface area contributed by atoms with Crippen molar-refractivity contribution >= 4 is 17.3 Å². The minimum atomic E-state index is 0.0115. The third kappa shape index (κ3) is 3.83. The molecule has 4 rings (SSSR count). The van der Waals surface area contributed by atoms with Crippen molar-refractivity contribution in [1.29, 1.82) is 0 Å². The van der Waals surface area contributed by atoms with E-state index in [9.17, 15) is 4.79 Å². The lowest BCUT2D eigenvalue weighted by atomic mass is 9.90. The van der Waals surface area contributed by atoms with E-state index < -0.39 is 0 Å². The molecule has 0 bridgehead atoms. The monoisotopic (exact) mass is 402 g/mol. The van der Waals surface area contributed by atoms with Gasteiger partial charge in [-0.2, -0.15) is 0 Å².